The van der Waals surface area contributed by atoms with E-state index in [0.717, 1.165) is 16.7 Å². The number of benzene rings is 3. The minimum absolute atomic E-state index is 0.0449. The van der Waals surface area contributed by atoms with Crippen LogP contribution in [0.3, 0.4) is 0 Å². The molecule has 0 heterocycles. The predicted molar refractivity (Wildman–Crippen MR) is 169 cm³/mol. The second-order valence-electron chi connectivity index (χ2n) is 10.6. The lowest BCUT2D eigenvalue weighted by Crippen LogP contribution is -2.42. The van der Waals surface area contributed by atoms with Crippen LogP contribution in [0.1, 0.15) is 42.1 Å². The van der Waals surface area contributed by atoms with Crippen molar-refractivity contribution in [2.45, 2.75) is 44.2 Å². The highest BCUT2D eigenvalue weighted by atomic mass is 16.5. The number of carbonyl (C=O) groups excluding carboxylic acids is 3. The van der Waals surface area contributed by atoms with Gasteiger partial charge >= 0.3 is 5.97 Å². The largest absolute Gasteiger partial charge is 0.455 e. The molecule has 0 aromatic heterocycles. The van der Waals surface area contributed by atoms with Crippen molar-refractivity contribution in [3.8, 4) is 0 Å². The Kier molecular flexibility index (Phi) is 13.9. The van der Waals surface area contributed by atoms with Crippen molar-refractivity contribution in [1.29, 1.82) is 0 Å². The highest BCUT2D eigenvalue weighted by Gasteiger charge is 2.27. The van der Waals surface area contributed by atoms with Gasteiger partial charge in [-0.25, -0.2) is 0 Å². The van der Waals surface area contributed by atoms with Crippen molar-refractivity contribution in [2.75, 3.05) is 13.2 Å². The molecule has 3 aromatic rings. The SMILES string of the molecule is C=CC[C@H](CC(=O)N[C@H](CO)Cc1ccccc1)C(=O)NC[C@@H](OC(=O)[C@H](CC=C)Cc1ccccc1)c1ccccc1. The number of esters is 1. The molecule has 43 heavy (non-hydrogen) atoms. The van der Waals surface area contributed by atoms with Crippen LogP contribution < -0.4 is 10.6 Å². The summed E-state index contributed by atoms with van der Waals surface area (Å²) in [6.45, 7) is 7.38. The highest BCUT2D eigenvalue weighted by molar-refractivity contribution is 5.86. The Bertz CT molecular complexity index is 1300. The first-order chi connectivity index (χ1) is 20.9. The fourth-order valence-corrected chi connectivity index (χ4v) is 4.89. The summed E-state index contributed by atoms with van der Waals surface area (Å²) in [5.41, 5.74) is 2.76. The predicted octanol–water partition coefficient (Wildman–Crippen LogP) is 5.12. The van der Waals surface area contributed by atoms with Gasteiger partial charge in [0.25, 0.3) is 0 Å². The van der Waals surface area contributed by atoms with Gasteiger partial charge in [0.05, 0.1) is 31.0 Å². The van der Waals surface area contributed by atoms with E-state index in [1.54, 1.807) is 12.2 Å². The van der Waals surface area contributed by atoms with Gasteiger partial charge in [0, 0.05) is 6.42 Å². The molecular formula is C36H42N2O5. The maximum atomic E-state index is 13.3. The van der Waals surface area contributed by atoms with Gasteiger partial charge in [-0.05, 0) is 42.4 Å². The van der Waals surface area contributed by atoms with E-state index in [2.05, 4.69) is 23.8 Å². The van der Waals surface area contributed by atoms with Crippen molar-refractivity contribution >= 4 is 17.8 Å². The first-order valence-corrected chi connectivity index (χ1v) is 14.7. The van der Waals surface area contributed by atoms with Gasteiger partial charge in [-0.15, -0.1) is 13.2 Å². The molecule has 0 saturated carbocycles. The molecule has 0 fully saturated rings. The van der Waals surface area contributed by atoms with Crippen molar-refractivity contribution < 1.29 is 24.2 Å². The molecule has 7 heteroatoms. The molecule has 4 atom stereocenters. The zero-order chi connectivity index (χ0) is 30.9. The lowest BCUT2D eigenvalue weighted by Gasteiger charge is -2.24. The summed E-state index contributed by atoms with van der Waals surface area (Å²) in [6, 6.07) is 28.1. The van der Waals surface area contributed by atoms with Crippen LogP contribution in [0.25, 0.3) is 0 Å². The molecule has 0 aliphatic heterocycles. The van der Waals surface area contributed by atoms with Crippen LogP contribution in [0.15, 0.2) is 116 Å². The Morgan fingerprint density at radius 3 is 1.86 bits per heavy atom. The van der Waals surface area contributed by atoms with Crippen LogP contribution in [0, 0.1) is 11.8 Å². The Morgan fingerprint density at radius 1 is 0.767 bits per heavy atom. The topological polar surface area (TPSA) is 105 Å². The maximum Gasteiger partial charge on any atom is 0.310 e. The lowest BCUT2D eigenvalue weighted by atomic mass is 9.96. The molecule has 0 aliphatic carbocycles. The monoisotopic (exact) mass is 582 g/mol. The van der Waals surface area contributed by atoms with Crippen LogP contribution in [0.2, 0.25) is 0 Å². The van der Waals surface area contributed by atoms with E-state index in [1.165, 1.54) is 0 Å². The smallest absolute Gasteiger partial charge is 0.310 e. The Balaban J connectivity index is 1.64. The molecule has 0 unspecified atom stereocenters. The summed E-state index contributed by atoms with van der Waals surface area (Å²) >= 11 is 0. The minimum atomic E-state index is -0.719. The molecule has 0 saturated heterocycles. The van der Waals surface area contributed by atoms with Gasteiger partial charge in [-0.1, -0.05) is 103 Å². The first kappa shape index (κ1) is 33.0. The molecule has 0 aliphatic rings. The van der Waals surface area contributed by atoms with Crippen LogP contribution in [0.4, 0.5) is 0 Å². The number of aliphatic hydroxyl groups excluding tert-OH is 1. The molecule has 3 aromatic carbocycles. The van der Waals surface area contributed by atoms with Gasteiger partial charge in [0.15, 0.2) is 0 Å². The molecule has 0 radical (unpaired) electrons. The van der Waals surface area contributed by atoms with Gasteiger partial charge in [0.1, 0.15) is 6.10 Å². The second kappa shape index (κ2) is 18.1. The Hall–Kier alpha value is -4.49. The first-order valence-electron chi connectivity index (χ1n) is 14.7. The van der Waals surface area contributed by atoms with E-state index >= 15 is 0 Å². The minimum Gasteiger partial charge on any atom is -0.455 e. The number of amides is 2. The molecule has 7 nitrogen and oxygen atoms in total. The van der Waals surface area contributed by atoms with E-state index in [4.69, 9.17) is 4.74 Å². The molecular weight excluding hydrogens is 540 g/mol. The molecule has 3 N–H and O–H groups in total. The molecule has 2 amide bonds. The number of allylic oxidation sites excluding steroid dienone is 2. The summed E-state index contributed by atoms with van der Waals surface area (Å²) < 4.78 is 5.99. The highest BCUT2D eigenvalue weighted by Crippen LogP contribution is 2.22. The zero-order valence-electron chi connectivity index (χ0n) is 24.6. The summed E-state index contributed by atoms with van der Waals surface area (Å²) in [7, 11) is 0. The fraction of sp³-hybridized carbons (Fsp3) is 0.306. The third kappa shape index (κ3) is 11.4. The number of ether oxygens (including phenoxy) is 1. The van der Waals surface area contributed by atoms with E-state index in [-0.39, 0.29) is 43.8 Å². The van der Waals surface area contributed by atoms with Crippen molar-refractivity contribution in [1.82, 2.24) is 10.6 Å². The number of nitrogens with one attached hydrogen (secondary N) is 2. The molecule has 3 rings (SSSR count). The normalized spacial score (nSPS) is 13.5. The van der Waals surface area contributed by atoms with Gasteiger partial charge in [-0.2, -0.15) is 0 Å². The second-order valence-corrected chi connectivity index (χ2v) is 10.6. The summed E-state index contributed by atoms with van der Waals surface area (Å²) in [4.78, 5) is 39.5. The standard InChI is InChI=1S/C36H42N2O5/c1-3-14-30(24-34(40)38-32(26-39)23-28-18-10-6-11-19-28)35(41)37-25-33(29-20-12-7-13-21-29)43-36(42)31(15-4-2)22-27-16-8-5-9-17-27/h3-13,16-21,30-33,39H,1-2,14-15,22-26H2,(H,37,41)(H,38,40)/t30-,31-,32+,33-/m1/s1. The van der Waals surface area contributed by atoms with Crippen LogP contribution in [-0.4, -0.2) is 42.1 Å². The van der Waals surface area contributed by atoms with Crippen molar-refractivity contribution in [3.05, 3.63) is 133 Å². The van der Waals surface area contributed by atoms with Gasteiger partial charge in [0.2, 0.25) is 11.8 Å². The summed E-state index contributed by atoms with van der Waals surface area (Å²) in [5.74, 6) is -2.15. The van der Waals surface area contributed by atoms with Gasteiger partial charge in [-0.3, -0.25) is 14.4 Å². The Morgan fingerprint density at radius 2 is 1.30 bits per heavy atom. The van der Waals surface area contributed by atoms with Crippen molar-refractivity contribution in [3.63, 3.8) is 0 Å². The third-order valence-corrected chi connectivity index (χ3v) is 7.17. The van der Waals surface area contributed by atoms with E-state index < -0.39 is 24.0 Å². The third-order valence-electron chi connectivity index (χ3n) is 7.17. The molecule has 0 spiro atoms. The summed E-state index contributed by atoms with van der Waals surface area (Å²) in [5, 5.41) is 15.5. The zero-order valence-corrected chi connectivity index (χ0v) is 24.6. The Labute approximate surface area is 254 Å². The number of hydrogen-bond donors (Lipinski definition) is 3. The molecule has 0 bridgehead atoms. The number of aliphatic hydroxyl groups is 1. The van der Waals surface area contributed by atoms with E-state index in [0.29, 0.717) is 19.3 Å². The summed E-state index contributed by atoms with van der Waals surface area (Å²) in [6.07, 6.45) is 4.25. The van der Waals surface area contributed by atoms with Crippen LogP contribution in [0.5, 0.6) is 0 Å². The van der Waals surface area contributed by atoms with Gasteiger partial charge < -0.3 is 20.5 Å². The van der Waals surface area contributed by atoms with Crippen molar-refractivity contribution in [2.24, 2.45) is 11.8 Å². The van der Waals surface area contributed by atoms with E-state index in [9.17, 15) is 19.5 Å². The number of rotatable bonds is 18. The average Bonchev–Trinajstić information content (AvgIpc) is 3.03. The number of hydrogen-bond acceptors (Lipinski definition) is 5. The maximum absolute atomic E-state index is 13.3. The lowest BCUT2D eigenvalue weighted by molar-refractivity contribution is -0.154. The number of carbonyl (C=O) groups is 3. The fourth-order valence-electron chi connectivity index (χ4n) is 4.89. The van der Waals surface area contributed by atoms with Crippen LogP contribution in [-0.2, 0) is 32.0 Å². The average molecular weight is 583 g/mol. The quantitative estimate of drug-likeness (QED) is 0.143. The van der Waals surface area contributed by atoms with Crippen LogP contribution >= 0.6 is 0 Å². The van der Waals surface area contributed by atoms with E-state index in [1.807, 2.05) is 91.0 Å². The molecule has 226 valence electrons.